The van der Waals surface area contributed by atoms with E-state index in [1.807, 2.05) is 19.1 Å². The summed E-state index contributed by atoms with van der Waals surface area (Å²) in [6.07, 6.45) is 19.4. The van der Waals surface area contributed by atoms with Crippen molar-refractivity contribution >= 4 is 17.5 Å². The molecule has 3 nitrogen and oxygen atoms in total. The molecule has 1 aromatic carbocycles. The third-order valence-corrected chi connectivity index (χ3v) is 5.84. The fourth-order valence-electron chi connectivity index (χ4n) is 3.89. The van der Waals surface area contributed by atoms with Gasteiger partial charge in [-0.1, -0.05) is 114 Å². The summed E-state index contributed by atoms with van der Waals surface area (Å²) in [5.74, 6) is 5.38. The largest absolute Gasteiger partial charge is 0.274 e. The number of rotatable bonds is 14. The van der Waals surface area contributed by atoms with Crippen molar-refractivity contribution in [3.05, 3.63) is 41.5 Å². The Balaban J connectivity index is 1.53. The number of nitrogens with zero attached hydrogens (tertiary/aromatic N) is 1. The van der Waals surface area contributed by atoms with Gasteiger partial charge in [-0.3, -0.25) is 9.59 Å². The number of imide groups is 1. The normalized spacial score (nSPS) is 13.4. The summed E-state index contributed by atoms with van der Waals surface area (Å²) < 4.78 is 0. The van der Waals surface area contributed by atoms with Gasteiger partial charge in [-0.2, -0.15) is 0 Å². The second-order valence-electron chi connectivity index (χ2n) is 8.67. The molecular formula is C28H39NO2. The standard InChI is InChI=1S/C28H39NO2/c1-3-4-5-6-7-8-9-10-11-12-13-14-15-16-17-18-25-23-27(30)29(28(25)31)26-21-19-24(2)20-22-26/h19-23H,3-16H2,1-2H3. The minimum Gasteiger partial charge on any atom is -0.269 e. The van der Waals surface area contributed by atoms with Crippen molar-refractivity contribution in [2.45, 2.75) is 104 Å². The van der Waals surface area contributed by atoms with Gasteiger partial charge in [0.05, 0.1) is 11.3 Å². The van der Waals surface area contributed by atoms with E-state index in [1.54, 1.807) is 12.1 Å². The van der Waals surface area contributed by atoms with E-state index in [0.717, 1.165) is 18.4 Å². The van der Waals surface area contributed by atoms with Crippen LogP contribution >= 0.6 is 0 Å². The Kier molecular flexibility index (Phi) is 11.8. The summed E-state index contributed by atoms with van der Waals surface area (Å²) in [4.78, 5) is 25.9. The predicted octanol–water partition coefficient (Wildman–Crippen LogP) is 7.28. The molecule has 2 amide bonds. The summed E-state index contributed by atoms with van der Waals surface area (Å²) >= 11 is 0. The van der Waals surface area contributed by atoms with Crippen LogP contribution in [0.1, 0.15) is 102 Å². The molecule has 3 heteroatoms. The summed E-state index contributed by atoms with van der Waals surface area (Å²) in [6.45, 7) is 4.24. The smallest absolute Gasteiger partial charge is 0.269 e. The van der Waals surface area contributed by atoms with Crippen molar-refractivity contribution in [2.24, 2.45) is 0 Å². The maximum atomic E-state index is 12.5. The Morgan fingerprint density at radius 1 is 0.742 bits per heavy atom. The molecule has 0 aromatic heterocycles. The van der Waals surface area contributed by atoms with Crippen LogP contribution in [-0.4, -0.2) is 11.8 Å². The van der Waals surface area contributed by atoms with Gasteiger partial charge in [0.2, 0.25) is 0 Å². The molecule has 0 radical (unpaired) electrons. The average Bonchev–Trinajstić information content (AvgIpc) is 3.04. The fraction of sp³-hybridized carbons (Fsp3) is 0.571. The lowest BCUT2D eigenvalue weighted by Gasteiger charge is -2.14. The number of hydrogen-bond acceptors (Lipinski definition) is 2. The highest BCUT2D eigenvalue weighted by Crippen LogP contribution is 2.22. The van der Waals surface area contributed by atoms with Gasteiger partial charge in [0.25, 0.3) is 11.8 Å². The van der Waals surface area contributed by atoms with E-state index in [1.165, 1.54) is 88.0 Å². The highest BCUT2D eigenvalue weighted by Gasteiger charge is 2.31. The molecule has 0 spiro atoms. The quantitative estimate of drug-likeness (QED) is 0.180. The van der Waals surface area contributed by atoms with Crippen molar-refractivity contribution in [1.82, 2.24) is 0 Å². The van der Waals surface area contributed by atoms with Gasteiger partial charge in [0.1, 0.15) is 0 Å². The van der Waals surface area contributed by atoms with Crippen LogP contribution in [-0.2, 0) is 9.59 Å². The third kappa shape index (κ3) is 9.13. The second-order valence-corrected chi connectivity index (χ2v) is 8.67. The molecule has 1 aliphatic heterocycles. The number of carbonyl (C=O) groups is 2. The number of benzene rings is 1. The Bertz CT molecular complexity index is 779. The molecule has 168 valence electrons. The Hall–Kier alpha value is -2.34. The molecule has 1 aromatic rings. The van der Waals surface area contributed by atoms with Crippen LogP contribution in [0.15, 0.2) is 35.9 Å². The Labute approximate surface area is 189 Å². The minimum absolute atomic E-state index is 0.306. The molecule has 0 N–H and O–H groups in total. The monoisotopic (exact) mass is 421 g/mol. The zero-order valence-corrected chi connectivity index (χ0v) is 19.5. The topological polar surface area (TPSA) is 37.4 Å². The van der Waals surface area contributed by atoms with Crippen LogP contribution in [0.3, 0.4) is 0 Å². The lowest BCUT2D eigenvalue weighted by atomic mass is 10.0. The average molecular weight is 422 g/mol. The second kappa shape index (κ2) is 14.6. The van der Waals surface area contributed by atoms with Crippen molar-refractivity contribution in [1.29, 1.82) is 0 Å². The van der Waals surface area contributed by atoms with Gasteiger partial charge in [-0.25, -0.2) is 4.90 Å². The van der Waals surface area contributed by atoms with Gasteiger partial charge in [-0.15, -0.1) is 0 Å². The first kappa shape index (κ1) is 24.9. The number of anilines is 1. The molecule has 0 fully saturated rings. The van der Waals surface area contributed by atoms with Gasteiger partial charge >= 0.3 is 0 Å². The molecule has 0 unspecified atom stereocenters. The van der Waals surface area contributed by atoms with Crippen LogP contribution in [0.4, 0.5) is 5.69 Å². The maximum Gasteiger partial charge on any atom is 0.274 e. The Morgan fingerprint density at radius 2 is 1.26 bits per heavy atom. The van der Waals surface area contributed by atoms with Crippen LogP contribution in [0, 0.1) is 18.8 Å². The Morgan fingerprint density at radius 3 is 1.81 bits per heavy atom. The van der Waals surface area contributed by atoms with Gasteiger partial charge < -0.3 is 0 Å². The molecular weight excluding hydrogens is 382 g/mol. The van der Waals surface area contributed by atoms with Crippen molar-refractivity contribution in [2.75, 3.05) is 4.90 Å². The van der Waals surface area contributed by atoms with Crippen LogP contribution < -0.4 is 4.90 Å². The summed E-state index contributed by atoms with van der Waals surface area (Å²) in [6, 6.07) is 7.38. The SMILES string of the molecule is CCCCCCCCCCCCCCCC#CC1=CC(=O)N(c2ccc(C)cc2)C1=O. The molecule has 0 bridgehead atoms. The highest BCUT2D eigenvalue weighted by atomic mass is 16.2. The minimum atomic E-state index is -0.313. The number of amides is 2. The van der Waals surface area contributed by atoms with E-state index < -0.39 is 0 Å². The molecule has 2 rings (SSSR count). The van der Waals surface area contributed by atoms with Crippen molar-refractivity contribution in [3.8, 4) is 11.8 Å². The molecule has 0 atom stereocenters. The van der Waals surface area contributed by atoms with E-state index in [0.29, 0.717) is 11.3 Å². The van der Waals surface area contributed by atoms with E-state index in [4.69, 9.17) is 0 Å². The summed E-state index contributed by atoms with van der Waals surface area (Å²) in [5.41, 5.74) is 2.00. The number of hydrogen-bond donors (Lipinski definition) is 0. The molecule has 0 saturated heterocycles. The summed E-state index contributed by atoms with van der Waals surface area (Å²) in [7, 11) is 0. The molecule has 31 heavy (non-hydrogen) atoms. The summed E-state index contributed by atoms with van der Waals surface area (Å²) in [5, 5.41) is 0. The first-order valence-corrected chi connectivity index (χ1v) is 12.3. The van der Waals surface area contributed by atoms with E-state index in [2.05, 4.69) is 18.8 Å². The molecule has 1 aliphatic rings. The van der Waals surface area contributed by atoms with E-state index in [9.17, 15) is 9.59 Å². The zero-order chi connectivity index (χ0) is 22.3. The zero-order valence-electron chi connectivity index (χ0n) is 19.5. The molecule has 0 aliphatic carbocycles. The van der Waals surface area contributed by atoms with Crippen molar-refractivity contribution in [3.63, 3.8) is 0 Å². The van der Waals surface area contributed by atoms with Crippen LogP contribution in [0.25, 0.3) is 0 Å². The molecule has 1 heterocycles. The third-order valence-electron chi connectivity index (χ3n) is 5.84. The van der Waals surface area contributed by atoms with E-state index >= 15 is 0 Å². The predicted molar refractivity (Wildman–Crippen MR) is 130 cm³/mol. The maximum absolute atomic E-state index is 12.5. The first-order chi connectivity index (χ1) is 15.1. The lowest BCUT2D eigenvalue weighted by molar-refractivity contribution is -0.120. The fourth-order valence-corrected chi connectivity index (χ4v) is 3.89. The van der Waals surface area contributed by atoms with Gasteiger partial charge in [-0.05, 0) is 25.5 Å². The van der Waals surface area contributed by atoms with Crippen molar-refractivity contribution < 1.29 is 9.59 Å². The first-order valence-electron chi connectivity index (χ1n) is 12.3. The van der Waals surface area contributed by atoms with Gasteiger partial charge in [0.15, 0.2) is 0 Å². The van der Waals surface area contributed by atoms with E-state index in [-0.39, 0.29) is 11.8 Å². The van der Waals surface area contributed by atoms with Gasteiger partial charge in [0, 0.05) is 12.5 Å². The highest BCUT2D eigenvalue weighted by molar-refractivity contribution is 6.32. The molecule has 0 saturated carbocycles. The number of unbranched alkanes of at least 4 members (excludes halogenated alkanes) is 13. The number of carbonyl (C=O) groups excluding carboxylic acids is 2. The van der Waals surface area contributed by atoms with Crippen LogP contribution in [0.2, 0.25) is 0 Å². The number of aryl methyl sites for hydroxylation is 1. The van der Waals surface area contributed by atoms with Crippen LogP contribution in [0.5, 0.6) is 0 Å². The lowest BCUT2D eigenvalue weighted by Crippen LogP contribution is -2.30.